The van der Waals surface area contributed by atoms with E-state index >= 15 is 0 Å². The molecule has 2 saturated heterocycles. The first-order valence-electron chi connectivity index (χ1n) is 8.79. The molecule has 2 aliphatic heterocycles. The van der Waals surface area contributed by atoms with Crippen LogP contribution in [0.25, 0.3) is 0 Å². The first-order chi connectivity index (χ1) is 12.0. The highest BCUT2D eigenvalue weighted by Gasteiger charge is 2.34. The van der Waals surface area contributed by atoms with E-state index in [9.17, 15) is 9.90 Å². The van der Waals surface area contributed by atoms with Crippen LogP contribution in [-0.4, -0.2) is 42.4 Å². The molecule has 26 heavy (non-hydrogen) atoms. The number of carbonyl (C=O) groups excluding carboxylic acids is 1. The van der Waals surface area contributed by atoms with Gasteiger partial charge in [0, 0.05) is 25.0 Å². The number of benzene rings is 1. The van der Waals surface area contributed by atoms with Crippen molar-refractivity contribution in [1.29, 1.82) is 0 Å². The Balaban J connectivity index is 0.00000243. The molecule has 1 aromatic rings. The third-order valence-electron chi connectivity index (χ3n) is 4.93. The second-order valence-corrected chi connectivity index (χ2v) is 7.79. The Labute approximate surface area is 170 Å². The van der Waals surface area contributed by atoms with Gasteiger partial charge in [-0.25, -0.2) is 0 Å². The number of ether oxygens (including phenoxy) is 1. The number of nitrogens with one attached hydrogen (secondary N) is 2. The zero-order valence-electron chi connectivity index (χ0n) is 14.4. The van der Waals surface area contributed by atoms with Crippen LogP contribution in [0.5, 0.6) is 5.75 Å². The summed E-state index contributed by atoms with van der Waals surface area (Å²) in [7, 11) is 0. The SMILES string of the molecule is Cl.O=C(CC1CC2CCC(C1)N2)NCC(O)COc1cccc(Cl)c1Cl. The second-order valence-electron chi connectivity index (χ2n) is 7.00. The number of aliphatic hydroxyl groups excluding tert-OH is 1. The predicted molar refractivity (Wildman–Crippen MR) is 106 cm³/mol. The number of aliphatic hydroxyl groups is 1. The Bertz CT molecular complexity index is 605. The van der Waals surface area contributed by atoms with Crippen LogP contribution in [0.3, 0.4) is 0 Å². The van der Waals surface area contributed by atoms with Crippen LogP contribution in [-0.2, 0) is 4.79 Å². The number of rotatable bonds is 7. The average Bonchev–Trinajstić information content (AvgIpc) is 2.93. The van der Waals surface area contributed by atoms with Crippen LogP contribution < -0.4 is 15.4 Å². The molecule has 0 spiro atoms. The van der Waals surface area contributed by atoms with Gasteiger partial charge in [-0.3, -0.25) is 4.79 Å². The molecular formula is C18H25Cl3N2O3. The first-order valence-corrected chi connectivity index (χ1v) is 9.54. The minimum absolute atomic E-state index is 0. The Kier molecular flexibility index (Phi) is 8.30. The van der Waals surface area contributed by atoms with Gasteiger partial charge in [0.25, 0.3) is 0 Å². The summed E-state index contributed by atoms with van der Waals surface area (Å²) in [5.41, 5.74) is 0. The van der Waals surface area contributed by atoms with E-state index in [2.05, 4.69) is 10.6 Å². The van der Waals surface area contributed by atoms with Crippen LogP contribution in [0.2, 0.25) is 10.0 Å². The highest BCUT2D eigenvalue weighted by Crippen LogP contribution is 2.33. The molecular weight excluding hydrogens is 399 g/mol. The topological polar surface area (TPSA) is 70.6 Å². The summed E-state index contributed by atoms with van der Waals surface area (Å²) in [4.78, 5) is 12.1. The van der Waals surface area contributed by atoms with E-state index in [1.54, 1.807) is 18.2 Å². The van der Waals surface area contributed by atoms with Gasteiger partial charge in [-0.1, -0.05) is 29.3 Å². The summed E-state index contributed by atoms with van der Waals surface area (Å²) in [5.74, 6) is 0.855. The van der Waals surface area contributed by atoms with E-state index in [0.717, 1.165) is 12.8 Å². The molecule has 3 rings (SSSR count). The maximum Gasteiger partial charge on any atom is 0.220 e. The number of carbonyl (C=O) groups is 1. The smallest absolute Gasteiger partial charge is 0.220 e. The number of halogens is 3. The van der Waals surface area contributed by atoms with E-state index in [0.29, 0.717) is 40.2 Å². The molecule has 2 aliphatic rings. The molecule has 2 fully saturated rings. The van der Waals surface area contributed by atoms with E-state index < -0.39 is 6.10 Å². The summed E-state index contributed by atoms with van der Waals surface area (Å²) in [6.45, 7) is 0.201. The van der Waals surface area contributed by atoms with Crippen molar-refractivity contribution in [2.24, 2.45) is 5.92 Å². The lowest BCUT2D eigenvalue weighted by atomic mass is 9.89. The molecule has 0 saturated carbocycles. The van der Waals surface area contributed by atoms with Crippen LogP contribution in [0, 0.1) is 5.92 Å². The van der Waals surface area contributed by atoms with E-state index in [4.69, 9.17) is 27.9 Å². The number of hydrogen-bond donors (Lipinski definition) is 3. The third kappa shape index (κ3) is 5.89. The molecule has 0 aromatic heterocycles. The van der Waals surface area contributed by atoms with Gasteiger partial charge in [0.05, 0.1) is 5.02 Å². The standard InChI is InChI=1S/C18H24Cl2N2O3.ClH/c19-15-2-1-3-16(18(15)20)25-10-14(23)9-21-17(24)8-11-6-12-4-5-13(7-11)22-12;/h1-3,11-14,22-23H,4-10H2,(H,21,24);1H. The number of fused-ring (bicyclic) bond motifs is 2. The highest BCUT2D eigenvalue weighted by atomic mass is 35.5. The van der Waals surface area contributed by atoms with Gasteiger partial charge in [0.2, 0.25) is 5.91 Å². The molecule has 1 aromatic carbocycles. The molecule has 2 bridgehead atoms. The second kappa shape index (κ2) is 10.00. The first kappa shape index (κ1) is 21.6. The number of piperidine rings is 1. The molecule has 5 nitrogen and oxygen atoms in total. The fourth-order valence-electron chi connectivity index (χ4n) is 3.75. The normalized spacial score (nSPS) is 25.3. The Morgan fingerprint density at radius 3 is 2.69 bits per heavy atom. The van der Waals surface area contributed by atoms with Crippen LogP contribution >= 0.6 is 35.6 Å². The van der Waals surface area contributed by atoms with Crippen molar-refractivity contribution in [3.05, 3.63) is 28.2 Å². The summed E-state index contributed by atoms with van der Waals surface area (Å²) < 4.78 is 5.47. The van der Waals surface area contributed by atoms with Crippen molar-refractivity contribution in [3.63, 3.8) is 0 Å². The van der Waals surface area contributed by atoms with Crippen LogP contribution in [0.1, 0.15) is 32.1 Å². The van der Waals surface area contributed by atoms with Crippen molar-refractivity contribution >= 4 is 41.5 Å². The summed E-state index contributed by atoms with van der Waals surface area (Å²) in [5, 5.41) is 17.1. The fourth-order valence-corrected chi connectivity index (χ4v) is 4.09. The molecule has 8 heteroatoms. The van der Waals surface area contributed by atoms with Crippen molar-refractivity contribution in [2.45, 2.75) is 50.3 Å². The molecule has 3 atom stereocenters. The van der Waals surface area contributed by atoms with Gasteiger partial charge in [0.1, 0.15) is 23.5 Å². The highest BCUT2D eigenvalue weighted by molar-refractivity contribution is 6.42. The molecule has 2 heterocycles. The Morgan fingerprint density at radius 2 is 2.00 bits per heavy atom. The molecule has 0 aliphatic carbocycles. The Hall–Kier alpha value is -0.720. The average molecular weight is 424 g/mol. The zero-order chi connectivity index (χ0) is 17.8. The van der Waals surface area contributed by atoms with E-state index in [1.165, 1.54) is 12.8 Å². The molecule has 1 amide bonds. The number of amides is 1. The van der Waals surface area contributed by atoms with Gasteiger partial charge in [-0.15, -0.1) is 12.4 Å². The van der Waals surface area contributed by atoms with E-state index in [-0.39, 0.29) is 31.5 Å². The monoisotopic (exact) mass is 422 g/mol. The minimum Gasteiger partial charge on any atom is -0.489 e. The lowest BCUT2D eigenvalue weighted by Gasteiger charge is -2.28. The van der Waals surface area contributed by atoms with Gasteiger partial charge in [-0.2, -0.15) is 0 Å². The molecule has 146 valence electrons. The van der Waals surface area contributed by atoms with Crippen molar-refractivity contribution in [2.75, 3.05) is 13.2 Å². The minimum atomic E-state index is -0.803. The quantitative estimate of drug-likeness (QED) is 0.630. The van der Waals surface area contributed by atoms with Crippen LogP contribution in [0.4, 0.5) is 0 Å². The Morgan fingerprint density at radius 1 is 1.31 bits per heavy atom. The largest absolute Gasteiger partial charge is 0.489 e. The third-order valence-corrected chi connectivity index (χ3v) is 5.73. The molecule has 0 radical (unpaired) electrons. The van der Waals surface area contributed by atoms with Crippen molar-refractivity contribution in [1.82, 2.24) is 10.6 Å². The number of hydrogen-bond acceptors (Lipinski definition) is 4. The van der Waals surface area contributed by atoms with Gasteiger partial charge in [0.15, 0.2) is 0 Å². The fraction of sp³-hybridized carbons (Fsp3) is 0.611. The van der Waals surface area contributed by atoms with Crippen molar-refractivity contribution in [3.8, 4) is 5.75 Å². The van der Waals surface area contributed by atoms with Crippen molar-refractivity contribution < 1.29 is 14.6 Å². The van der Waals surface area contributed by atoms with Gasteiger partial charge in [-0.05, 0) is 43.7 Å². The predicted octanol–water partition coefficient (Wildman–Crippen LogP) is 3.19. The summed E-state index contributed by atoms with van der Waals surface area (Å²) in [6, 6.07) is 6.24. The molecule has 3 unspecified atom stereocenters. The van der Waals surface area contributed by atoms with E-state index in [1.807, 2.05) is 0 Å². The summed E-state index contributed by atoms with van der Waals surface area (Å²) in [6.07, 6.45) is 4.33. The lowest BCUT2D eigenvalue weighted by Crippen LogP contribution is -2.41. The maximum atomic E-state index is 12.1. The molecule has 3 N–H and O–H groups in total. The van der Waals surface area contributed by atoms with Gasteiger partial charge >= 0.3 is 0 Å². The van der Waals surface area contributed by atoms with Gasteiger partial charge < -0.3 is 20.5 Å². The lowest BCUT2D eigenvalue weighted by molar-refractivity contribution is -0.122. The maximum absolute atomic E-state index is 12.1. The zero-order valence-corrected chi connectivity index (χ0v) is 16.7. The van der Waals surface area contributed by atoms with Crippen LogP contribution in [0.15, 0.2) is 18.2 Å². The summed E-state index contributed by atoms with van der Waals surface area (Å²) >= 11 is 11.9.